The summed E-state index contributed by atoms with van der Waals surface area (Å²) in [5.41, 5.74) is 7.49. The number of hydrogen-bond donors (Lipinski definition) is 4. The highest BCUT2D eigenvalue weighted by Crippen LogP contribution is 2.17. The molecule has 21 heavy (non-hydrogen) atoms. The molecular weight excluding hydrogens is 274 g/mol. The third-order valence-electron chi connectivity index (χ3n) is 3.14. The van der Waals surface area contributed by atoms with E-state index in [1.165, 1.54) is 0 Å². The first-order valence-corrected chi connectivity index (χ1v) is 6.46. The Bertz CT molecular complexity index is 557. The Balaban J connectivity index is 2.67. The van der Waals surface area contributed by atoms with E-state index in [-0.39, 0.29) is 12.8 Å². The van der Waals surface area contributed by atoms with Crippen molar-refractivity contribution in [2.45, 2.75) is 32.7 Å². The van der Waals surface area contributed by atoms with Crippen LogP contribution >= 0.6 is 0 Å². The van der Waals surface area contributed by atoms with Crippen molar-refractivity contribution in [2.75, 3.05) is 5.32 Å². The summed E-state index contributed by atoms with van der Waals surface area (Å²) in [5.74, 6) is -1.83. The number of aliphatic carboxylic acids is 1. The fourth-order valence-electron chi connectivity index (χ4n) is 1.75. The number of urea groups is 1. The summed E-state index contributed by atoms with van der Waals surface area (Å²) in [6, 6.07) is 3.62. The van der Waals surface area contributed by atoms with Crippen molar-refractivity contribution in [3.63, 3.8) is 0 Å². The summed E-state index contributed by atoms with van der Waals surface area (Å²) in [7, 11) is 0. The van der Waals surface area contributed by atoms with Gasteiger partial charge in [-0.25, -0.2) is 9.59 Å². The van der Waals surface area contributed by atoms with E-state index in [2.05, 4.69) is 10.6 Å². The number of rotatable bonds is 6. The maximum absolute atomic E-state index is 11.8. The van der Waals surface area contributed by atoms with Gasteiger partial charge in [0.25, 0.3) is 0 Å². The van der Waals surface area contributed by atoms with E-state index < -0.39 is 23.9 Å². The number of hydrogen-bond acceptors (Lipinski definition) is 3. The molecule has 0 aliphatic rings. The molecule has 0 saturated carbocycles. The molecule has 7 nitrogen and oxygen atoms in total. The number of carboxylic acids is 1. The minimum absolute atomic E-state index is 0.0507. The van der Waals surface area contributed by atoms with Gasteiger partial charge < -0.3 is 21.5 Å². The minimum atomic E-state index is -1.22. The molecule has 1 atom stereocenters. The zero-order chi connectivity index (χ0) is 16.0. The maximum Gasteiger partial charge on any atom is 0.326 e. The number of anilines is 1. The fourth-order valence-corrected chi connectivity index (χ4v) is 1.75. The van der Waals surface area contributed by atoms with Gasteiger partial charge in [0, 0.05) is 12.1 Å². The van der Waals surface area contributed by atoms with Gasteiger partial charge in [0.05, 0.1) is 0 Å². The molecule has 0 fully saturated rings. The second-order valence-electron chi connectivity index (χ2n) is 4.74. The molecule has 1 unspecified atom stereocenters. The van der Waals surface area contributed by atoms with Crippen molar-refractivity contribution >= 4 is 23.6 Å². The highest BCUT2D eigenvalue weighted by Gasteiger charge is 2.20. The lowest BCUT2D eigenvalue weighted by molar-refractivity contribution is -0.139. The number of carbonyl (C=O) groups is 3. The first kappa shape index (κ1) is 16.5. The zero-order valence-electron chi connectivity index (χ0n) is 12.0. The quantitative estimate of drug-likeness (QED) is 0.628. The molecule has 0 saturated heterocycles. The summed E-state index contributed by atoms with van der Waals surface area (Å²) in [6.45, 7) is 3.76. The SMILES string of the molecule is Cc1cccc(NC(=O)NC(CCC(N)=O)C(=O)O)c1C. The molecule has 5 N–H and O–H groups in total. The van der Waals surface area contributed by atoms with Crippen molar-refractivity contribution in [1.82, 2.24) is 5.32 Å². The van der Waals surface area contributed by atoms with Crippen LogP contribution in [0.1, 0.15) is 24.0 Å². The van der Waals surface area contributed by atoms with E-state index in [4.69, 9.17) is 10.8 Å². The molecule has 0 radical (unpaired) electrons. The Morgan fingerprint density at radius 2 is 1.95 bits per heavy atom. The van der Waals surface area contributed by atoms with Crippen molar-refractivity contribution in [3.8, 4) is 0 Å². The lowest BCUT2D eigenvalue weighted by Crippen LogP contribution is -2.43. The summed E-state index contributed by atoms with van der Waals surface area (Å²) in [4.78, 5) is 33.5. The van der Waals surface area contributed by atoms with Gasteiger partial charge in [0.2, 0.25) is 5.91 Å². The van der Waals surface area contributed by atoms with Crippen molar-refractivity contribution < 1.29 is 19.5 Å². The number of benzene rings is 1. The van der Waals surface area contributed by atoms with Gasteiger partial charge in [-0.2, -0.15) is 0 Å². The average molecular weight is 293 g/mol. The number of aryl methyl sites for hydroxylation is 1. The van der Waals surface area contributed by atoms with Crippen LogP contribution in [0.4, 0.5) is 10.5 Å². The zero-order valence-corrected chi connectivity index (χ0v) is 12.0. The van der Waals surface area contributed by atoms with Crippen LogP contribution in [0.3, 0.4) is 0 Å². The lowest BCUT2D eigenvalue weighted by atomic mass is 10.1. The van der Waals surface area contributed by atoms with Crippen molar-refractivity contribution in [2.24, 2.45) is 5.73 Å². The van der Waals surface area contributed by atoms with Gasteiger partial charge in [-0.05, 0) is 37.5 Å². The second-order valence-corrected chi connectivity index (χ2v) is 4.74. The van der Waals surface area contributed by atoms with Crippen LogP contribution in [0.5, 0.6) is 0 Å². The molecule has 114 valence electrons. The second kappa shape index (κ2) is 7.28. The lowest BCUT2D eigenvalue weighted by Gasteiger charge is -2.16. The largest absolute Gasteiger partial charge is 0.480 e. The molecule has 7 heteroatoms. The Morgan fingerprint density at radius 3 is 2.52 bits per heavy atom. The van der Waals surface area contributed by atoms with Crippen LogP contribution in [0.25, 0.3) is 0 Å². The molecular formula is C14H19N3O4. The van der Waals surface area contributed by atoms with Crippen LogP contribution < -0.4 is 16.4 Å². The van der Waals surface area contributed by atoms with Gasteiger partial charge in [-0.15, -0.1) is 0 Å². The Kier molecular flexibility index (Phi) is 5.71. The van der Waals surface area contributed by atoms with Crippen LogP contribution in [0, 0.1) is 13.8 Å². The van der Waals surface area contributed by atoms with E-state index in [0.29, 0.717) is 5.69 Å². The standard InChI is InChI=1S/C14H19N3O4/c1-8-4-3-5-10(9(8)2)16-14(21)17-11(13(19)20)6-7-12(15)18/h3-5,11H,6-7H2,1-2H3,(H2,15,18)(H,19,20)(H2,16,17,21). The number of primary amides is 1. The summed E-state index contributed by atoms with van der Waals surface area (Å²) < 4.78 is 0. The maximum atomic E-state index is 11.8. The molecule has 0 aliphatic carbocycles. The smallest absolute Gasteiger partial charge is 0.326 e. The monoisotopic (exact) mass is 293 g/mol. The molecule has 1 aromatic rings. The predicted molar refractivity (Wildman–Crippen MR) is 77.9 cm³/mol. The molecule has 0 aliphatic heterocycles. The van der Waals surface area contributed by atoms with E-state index in [1.807, 2.05) is 19.9 Å². The topological polar surface area (TPSA) is 122 Å². The van der Waals surface area contributed by atoms with E-state index in [1.54, 1.807) is 12.1 Å². The van der Waals surface area contributed by atoms with Crippen molar-refractivity contribution in [3.05, 3.63) is 29.3 Å². The summed E-state index contributed by atoms with van der Waals surface area (Å²) in [6.07, 6.45) is -0.161. The predicted octanol–water partition coefficient (Wildman–Crippen LogP) is 1.14. The highest BCUT2D eigenvalue weighted by molar-refractivity contribution is 5.93. The Hall–Kier alpha value is -2.57. The normalized spacial score (nSPS) is 11.5. The van der Waals surface area contributed by atoms with Gasteiger partial charge in [-0.1, -0.05) is 12.1 Å². The summed E-state index contributed by atoms with van der Waals surface area (Å²) in [5, 5.41) is 13.9. The molecule has 0 heterocycles. The van der Waals surface area contributed by atoms with E-state index in [0.717, 1.165) is 11.1 Å². The first-order chi connectivity index (χ1) is 9.81. The minimum Gasteiger partial charge on any atom is -0.480 e. The van der Waals surface area contributed by atoms with Gasteiger partial charge >= 0.3 is 12.0 Å². The number of carboxylic acid groups (broad SMARTS) is 1. The first-order valence-electron chi connectivity index (χ1n) is 6.46. The third-order valence-corrected chi connectivity index (χ3v) is 3.14. The Labute approximate surface area is 122 Å². The third kappa shape index (κ3) is 5.13. The fraction of sp³-hybridized carbons (Fsp3) is 0.357. The molecule has 3 amide bonds. The molecule has 0 spiro atoms. The van der Waals surface area contributed by atoms with Gasteiger partial charge in [0.15, 0.2) is 0 Å². The number of amides is 3. The molecule has 0 aromatic heterocycles. The van der Waals surface area contributed by atoms with Crippen LogP contribution in [-0.4, -0.2) is 29.1 Å². The van der Waals surface area contributed by atoms with E-state index in [9.17, 15) is 14.4 Å². The van der Waals surface area contributed by atoms with E-state index >= 15 is 0 Å². The van der Waals surface area contributed by atoms with Crippen LogP contribution in [0.15, 0.2) is 18.2 Å². The number of nitrogens with one attached hydrogen (secondary N) is 2. The molecule has 0 bridgehead atoms. The average Bonchev–Trinajstić information content (AvgIpc) is 2.39. The Morgan fingerprint density at radius 1 is 1.29 bits per heavy atom. The van der Waals surface area contributed by atoms with Gasteiger partial charge in [0.1, 0.15) is 6.04 Å². The van der Waals surface area contributed by atoms with Crippen LogP contribution in [0.2, 0.25) is 0 Å². The van der Waals surface area contributed by atoms with Crippen LogP contribution in [-0.2, 0) is 9.59 Å². The number of carbonyl (C=O) groups excluding carboxylic acids is 2. The molecule has 1 rings (SSSR count). The number of nitrogens with two attached hydrogens (primary N) is 1. The molecule has 1 aromatic carbocycles. The van der Waals surface area contributed by atoms with Crippen molar-refractivity contribution in [1.29, 1.82) is 0 Å². The van der Waals surface area contributed by atoms with Gasteiger partial charge in [-0.3, -0.25) is 4.79 Å². The highest BCUT2D eigenvalue weighted by atomic mass is 16.4. The summed E-state index contributed by atoms with van der Waals surface area (Å²) >= 11 is 0.